The summed E-state index contributed by atoms with van der Waals surface area (Å²) in [5.74, 6) is -0.664. The first kappa shape index (κ1) is 18.1. The number of benzene rings is 1. The van der Waals surface area contributed by atoms with E-state index in [-0.39, 0.29) is 30.6 Å². The molecule has 0 spiro atoms. The molecule has 3 rings (SSSR count). The van der Waals surface area contributed by atoms with Crippen molar-refractivity contribution in [3.63, 3.8) is 0 Å². The van der Waals surface area contributed by atoms with E-state index >= 15 is 0 Å². The second kappa shape index (κ2) is 7.27. The molecule has 1 aromatic carbocycles. The van der Waals surface area contributed by atoms with Gasteiger partial charge in [-0.15, -0.1) is 0 Å². The van der Waals surface area contributed by atoms with Crippen LogP contribution in [0.1, 0.15) is 18.4 Å². The van der Waals surface area contributed by atoms with E-state index in [1.54, 1.807) is 60.3 Å². The summed E-state index contributed by atoms with van der Waals surface area (Å²) in [6.45, 7) is 0.788. The molecule has 1 fully saturated rings. The Morgan fingerprint density at radius 3 is 2.69 bits per heavy atom. The molecule has 0 saturated carbocycles. The Morgan fingerprint density at radius 2 is 2.04 bits per heavy atom. The molecular weight excluding hydrogens is 335 g/mol. The Morgan fingerprint density at radius 1 is 1.27 bits per heavy atom. The summed E-state index contributed by atoms with van der Waals surface area (Å²) in [5, 5.41) is 4.28. The van der Waals surface area contributed by atoms with Crippen LogP contribution in [-0.2, 0) is 21.5 Å². The average molecular weight is 358 g/mol. The van der Waals surface area contributed by atoms with Gasteiger partial charge in [0, 0.05) is 33.0 Å². The van der Waals surface area contributed by atoms with Crippen molar-refractivity contribution in [2.45, 2.75) is 24.8 Å². The lowest BCUT2D eigenvalue weighted by atomic mass is 9.87. The molecule has 1 aromatic heterocycles. The Balaban J connectivity index is 1.85. The maximum Gasteiger partial charge on any atom is 0.251 e. The van der Waals surface area contributed by atoms with Crippen molar-refractivity contribution in [1.82, 2.24) is 19.6 Å². The van der Waals surface area contributed by atoms with Crippen molar-refractivity contribution in [2.75, 3.05) is 27.2 Å². The number of aromatic nitrogens is 2. The highest BCUT2D eigenvalue weighted by Gasteiger charge is 2.46. The first-order chi connectivity index (χ1) is 12.4. The number of hydrogen-bond donors (Lipinski definition) is 0. The molecule has 138 valence electrons. The Labute approximate surface area is 152 Å². The topological polar surface area (TPSA) is 58.4 Å². The van der Waals surface area contributed by atoms with Gasteiger partial charge in [-0.3, -0.25) is 14.3 Å². The molecule has 2 amide bonds. The first-order valence-corrected chi connectivity index (χ1v) is 8.67. The highest BCUT2D eigenvalue weighted by molar-refractivity contribution is 5.86. The molecule has 0 N–H and O–H groups in total. The fourth-order valence-electron chi connectivity index (χ4n) is 3.56. The maximum atomic E-state index is 13.9. The third-order valence-electron chi connectivity index (χ3n) is 4.87. The van der Waals surface area contributed by atoms with E-state index in [9.17, 15) is 14.0 Å². The van der Waals surface area contributed by atoms with E-state index in [4.69, 9.17) is 0 Å². The summed E-state index contributed by atoms with van der Waals surface area (Å²) in [6.07, 6.45) is 4.66. The van der Waals surface area contributed by atoms with Crippen molar-refractivity contribution < 1.29 is 14.0 Å². The summed E-state index contributed by atoms with van der Waals surface area (Å²) >= 11 is 0. The van der Waals surface area contributed by atoms with Gasteiger partial charge in [-0.25, -0.2) is 4.39 Å². The molecule has 1 aliphatic heterocycles. The summed E-state index contributed by atoms with van der Waals surface area (Å²) in [4.78, 5) is 28.9. The molecule has 0 aliphatic carbocycles. The van der Waals surface area contributed by atoms with Crippen LogP contribution >= 0.6 is 0 Å². The van der Waals surface area contributed by atoms with Crippen molar-refractivity contribution in [2.24, 2.45) is 0 Å². The molecular formula is C19H23FN4O2. The van der Waals surface area contributed by atoms with Gasteiger partial charge in [-0.05, 0) is 30.5 Å². The molecule has 1 aliphatic rings. The molecule has 1 unspecified atom stereocenters. The Hall–Kier alpha value is -2.70. The molecule has 26 heavy (non-hydrogen) atoms. The van der Waals surface area contributed by atoms with E-state index in [1.807, 2.05) is 0 Å². The van der Waals surface area contributed by atoms with Gasteiger partial charge in [0.1, 0.15) is 5.82 Å². The van der Waals surface area contributed by atoms with Gasteiger partial charge in [0.2, 0.25) is 5.91 Å². The van der Waals surface area contributed by atoms with Crippen LogP contribution in [0.15, 0.2) is 42.7 Å². The van der Waals surface area contributed by atoms with Crippen LogP contribution in [0.3, 0.4) is 0 Å². The van der Waals surface area contributed by atoms with Gasteiger partial charge in [-0.2, -0.15) is 5.10 Å². The van der Waals surface area contributed by atoms with Crippen LogP contribution in [0.5, 0.6) is 0 Å². The lowest BCUT2D eigenvalue weighted by molar-refractivity contribution is -0.146. The third kappa shape index (κ3) is 3.34. The fraction of sp³-hybridized carbons (Fsp3) is 0.421. The van der Waals surface area contributed by atoms with Gasteiger partial charge in [0.25, 0.3) is 5.91 Å². The monoisotopic (exact) mass is 358 g/mol. The zero-order valence-corrected chi connectivity index (χ0v) is 15.1. The molecule has 6 nitrogen and oxygen atoms in total. The number of nitrogens with zero attached hydrogens (tertiary/aromatic N) is 4. The van der Waals surface area contributed by atoms with Crippen LogP contribution in [0.25, 0.3) is 0 Å². The molecule has 0 radical (unpaired) electrons. The van der Waals surface area contributed by atoms with Crippen molar-refractivity contribution in [3.8, 4) is 0 Å². The highest BCUT2D eigenvalue weighted by atomic mass is 19.1. The number of likely N-dealkylation sites (N-methyl/N-ethyl adjacent to an activating group) is 1. The number of amides is 2. The van der Waals surface area contributed by atoms with Gasteiger partial charge in [0.05, 0.1) is 13.0 Å². The number of hydrogen-bond acceptors (Lipinski definition) is 3. The summed E-state index contributed by atoms with van der Waals surface area (Å²) < 4.78 is 15.5. The Bertz CT molecular complexity index is 791. The van der Waals surface area contributed by atoms with Crippen LogP contribution in [-0.4, -0.2) is 58.6 Å². The number of carbonyl (C=O) groups excluding carboxylic acids is 2. The summed E-state index contributed by atoms with van der Waals surface area (Å²) in [6, 6.07) is 8.05. The molecule has 7 heteroatoms. The predicted molar refractivity (Wildman–Crippen MR) is 94.8 cm³/mol. The normalized spacial score (nSPS) is 20.0. The smallest absolute Gasteiger partial charge is 0.251 e. The van der Waals surface area contributed by atoms with Crippen molar-refractivity contribution in [1.29, 1.82) is 0 Å². The minimum Gasteiger partial charge on any atom is -0.347 e. The number of piperidine rings is 1. The van der Waals surface area contributed by atoms with Crippen LogP contribution in [0, 0.1) is 5.82 Å². The highest BCUT2D eigenvalue weighted by Crippen LogP contribution is 2.30. The van der Waals surface area contributed by atoms with Crippen LogP contribution in [0.2, 0.25) is 0 Å². The molecule has 1 atom stereocenters. The standard InChI is InChI=1S/C19H23FN4O2/c1-22(2)18(26)19(24-12-6-10-21-24)9-5-11-23(14-19)17(25)13-15-7-3-4-8-16(15)20/h3-4,6-8,10,12H,5,9,11,13-14H2,1-2H3. The molecule has 1 saturated heterocycles. The zero-order chi connectivity index (χ0) is 18.7. The molecule has 2 heterocycles. The number of halogens is 1. The molecule has 0 bridgehead atoms. The minimum atomic E-state index is -0.920. The number of likely N-dealkylation sites (tertiary alicyclic amines) is 1. The lowest BCUT2D eigenvalue weighted by Crippen LogP contribution is -2.59. The van der Waals surface area contributed by atoms with Gasteiger partial charge in [-0.1, -0.05) is 18.2 Å². The van der Waals surface area contributed by atoms with E-state index in [0.29, 0.717) is 24.9 Å². The summed E-state index contributed by atoms with van der Waals surface area (Å²) in [5.41, 5.74) is -0.553. The van der Waals surface area contributed by atoms with Crippen molar-refractivity contribution in [3.05, 3.63) is 54.1 Å². The van der Waals surface area contributed by atoms with E-state index < -0.39 is 5.54 Å². The largest absolute Gasteiger partial charge is 0.347 e. The summed E-state index contributed by atoms with van der Waals surface area (Å²) in [7, 11) is 3.40. The van der Waals surface area contributed by atoms with Crippen molar-refractivity contribution >= 4 is 11.8 Å². The molecule has 2 aromatic rings. The van der Waals surface area contributed by atoms with Gasteiger partial charge >= 0.3 is 0 Å². The number of rotatable bonds is 4. The second-order valence-electron chi connectivity index (χ2n) is 6.87. The SMILES string of the molecule is CN(C)C(=O)C1(n2cccn2)CCCN(C(=O)Cc2ccccc2F)C1. The number of carbonyl (C=O) groups is 2. The van der Waals surface area contributed by atoms with E-state index in [0.717, 1.165) is 0 Å². The van der Waals surface area contributed by atoms with E-state index in [1.165, 1.54) is 11.0 Å². The second-order valence-corrected chi connectivity index (χ2v) is 6.87. The minimum absolute atomic E-state index is 0.0159. The first-order valence-electron chi connectivity index (χ1n) is 8.67. The quantitative estimate of drug-likeness (QED) is 0.835. The maximum absolute atomic E-state index is 13.9. The average Bonchev–Trinajstić information content (AvgIpc) is 3.18. The predicted octanol–water partition coefficient (Wildman–Crippen LogP) is 1.67. The Kier molecular flexibility index (Phi) is 5.06. The fourth-order valence-corrected chi connectivity index (χ4v) is 3.56. The lowest BCUT2D eigenvalue weighted by Gasteiger charge is -2.43. The van der Waals surface area contributed by atoms with Crippen LogP contribution < -0.4 is 0 Å². The third-order valence-corrected chi connectivity index (χ3v) is 4.87. The van der Waals surface area contributed by atoms with E-state index in [2.05, 4.69) is 5.10 Å². The van der Waals surface area contributed by atoms with Crippen LogP contribution in [0.4, 0.5) is 4.39 Å². The zero-order valence-electron chi connectivity index (χ0n) is 15.1. The van der Waals surface area contributed by atoms with Gasteiger partial charge in [0.15, 0.2) is 5.54 Å². The van der Waals surface area contributed by atoms with Gasteiger partial charge < -0.3 is 9.80 Å².